The lowest BCUT2D eigenvalue weighted by Crippen LogP contribution is -2.39. The van der Waals surface area contributed by atoms with Crippen molar-refractivity contribution in [3.8, 4) is 0 Å². The van der Waals surface area contributed by atoms with Crippen LogP contribution < -0.4 is 4.72 Å². The maximum Gasteiger partial charge on any atom is 0.262 e. The lowest BCUT2D eigenvalue weighted by molar-refractivity contribution is 0.281. The summed E-state index contributed by atoms with van der Waals surface area (Å²) >= 11 is 0. The zero-order chi connectivity index (χ0) is 20.5. The van der Waals surface area contributed by atoms with E-state index in [-0.39, 0.29) is 9.79 Å². The minimum Gasteiger partial charge on any atom is -0.280 e. The first-order chi connectivity index (χ1) is 13.1. The molecule has 6 nitrogen and oxygen atoms in total. The van der Waals surface area contributed by atoms with E-state index in [1.807, 2.05) is 19.9 Å². The van der Waals surface area contributed by atoms with Gasteiger partial charge in [-0.1, -0.05) is 24.6 Å². The molecule has 0 aliphatic carbocycles. The van der Waals surface area contributed by atoms with E-state index in [0.29, 0.717) is 30.3 Å². The van der Waals surface area contributed by atoms with Gasteiger partial charge < -0.3 is 0 Å². The van der Waals surface area contributed by atoms with Gasteiger partial charge in [0.2, 0.25) is 10.0 Å². The average Bonchev–Trinajstić information content (AvgIpc) is 2.61. The van der Waals surface area contributed by atoms with Gasteiger partial charge in [-0.3, -0.25) is 4.72 Å². The highest BCUT2D eigenvalue weighted by molar-refractivity contribution is 7.92. The van der Waals surface area contributed by atoms with Crippen molar-refractivity contribution in [1.29, 1.82) is 0 Å². The number of rotatable bonds is 5. The molecule has 1 N–H and O–H groups in total. The average molecular weight is 423 g/mol. The quantitative estimate of drug-likeness (QED) is 0.799. The third-order valence-corrected chi connectivity index (χ3v) is 8.40. The molecule has 0 saturated carbocycles. The molecule has 0 bridgehead atoms. The molecule has 8 heteroatoms. The highest BCUT2D eigenvalue weighted by Crippen LogP contribution is 2.25. The Labute approximate surface area is 167 Å². The summed E-state index contributed by atoms with van der Waals surface area (Å²) in [4.78, 5) is 0.383. The Balaban J connectivity index is 1.81. The van der Waals surface area contributed by atoms with Crippen LogP contribution in [0.4, 0.5) is 5.69 Å². The summed E-state index contributed by atoms with van der Waals surface area (Å²) in [6.45, 7) is 6.74. The van der Waals surface area contributed by atoms with Crippen LogP contribution in [0.5, 0.6) is 0 Å². The molecule has 3 rings (SSSR count). The molecule has 28 heavy (non-hydrogen) atoms. The first kappa shape index (κ1) is 20.8. The second-order valence-corrected chi connectivity index (χ2v) is 11.1. The third-order valence-electron chi connectivity index (χ3n) is 4.98. The van der Waals surface area contributed by atoms with Crippen molar-refractivity contribution in [3.63, 3.8) is 0 Å². The molecule has 0 amide bonds. The standard InChI is InChI=1S/C20H26N2O4S2/c1-15-6-11-20(17(3)13-15)27(23,24)21-18-7-9-19(10-8-18)28(25,26)22-12-4-5-16(2)14-22/h6-11,13,16,21H,4-5,12,14H2,1-3H3/t16-/m0/s1. The molecular formula is C20H26N2O4S2. The van der Waals surface area contributed by atoms with Crippen LogP contribution in [-0.4, -0.2) is 34.2 Å². The first-order valence-electron chi connectivity index (χ1n) is 9.30. The normalized spacial score (nSPS) is 18.8. The number of sulfonamides is 2. The number of hydrogen-bond acceptors (Lipinski definition) is 4. The number of nitrogens with one attached hydrogen (secondary N) is 1. The molecule has 0 spiro atoms. The Hall–Kier alpha value is -1.90. The molecule has 0 unspecified atom stereocenters. The maximum atomic E-state index is 12.8. The van der Waals surface area contributed by atoms with Crippen molar-refractivity contribution in [2.45, 2.75) is 43.4 Å². The molecular weight excluding hydrogens is 396 g/mol. The van der Waals surface area contributed by atoms with E-state index in [4.69, 9.17) is 0 Å². The van der Waals surface area contributed by atoms with Gasteiger partial charge in [-0.2, -0.15) is 4.31 Å². The van der Waals surface area contributed by atoms with E-state index in [0.717, 1.165) is 18.4 Å². The molecule has 0 radical (unpaired) electrons. The monoisotopic (exact) mass is 422 g/mol. The first-order valence-corrected chi connectivity index (χ1v) is 12.2. The van der Waals surface area contributed by atoms with Crippen LogP contribution in [-0.2, 0) is 20.0 Å². The Bertz CT molecular complexity index is 1060. The molecule has 2 aromatic carbocycles. The second kappa shape index (κ2) is 7.85. The number of piperidine rings is 1. The van der Waals surface area contributed by atoms with Gasteiger partial charge >= 0.3 is 0 Å². The summed E-state index contributed by atoms with van der Waals surface area (Å²) in [6, 6.07) is 11.0. The van der Waals surface area contributed by atoms with Gasteiger partial charge in [0.25, 0.3) is 10.0 Å². The summed E-state index contributed by atoms with van der Waals surface area (Å²) in [5.74, 6) is 0.340. The van der Waals surface area contributed by atoms with Gasteiger partial charge in [0, 0.05) is 18.8 Å². The fourth-order valence-corrected chi connectivity index (χ4v) is 6.40. The second-order valence-electron chi connectivity index (χ2n) is 7.51. The number of nitrogens with zero attached hydrogens (tertiary/aromatic N) is 1. The lowest BCUT2D eigenvalue weighted by Gasteiger charge is -2.30. The minimum absolute atomic E-state index is 0.177. The zero-order valence-electron chi connectivity index (χ0n) is 16.3. The third kappa shape index (κ3) is 4.39. The molecule has 2 aromatic rings. The van der Waals surface area contributed by atoms with Crippen LogP contribution in [0.25, 0.3) is 0 Å². The molecule has 1 aliphatic heterocycles. The lowest BCUT2D eigenvalue weighted by atomic mass is 10.0. The molecule has 1 saturated heterocycles. The van der Waals surface area contributed by atoms with Gasteiger partial charge in [-0.05, 0) is 68.5 Å². The Morgan fingerprint density at radius 1 is 1.00 bits per heavy atom. The molecule has 152 valence electrons. The summed E-state index contributed by atoms with van der Waals surface area (Å²) in [5, 5.41) is 0. The summed E-state index contributed by atoms with van der Waals surface area (Å²) in [7, 11) is -7.31. The Kier molecular flexibility index (Phi) is 5.84. The van der Waals surface area contributed by atoms with Gasteiger partial charge in [-0.15, -0.1) is 0 Å². The highest BCUT2D eigenvalue weighted by atomic mass is 32.2. The van der Waals surface area contributed by atoms with Gasteiger partial charge in [0.15, 0.2) is 0 Å². The zero-order valence-corrected chi connectivity index (χ0v) is 18.0. The van der Waals surface area contributed by atoms with Crippen molar-refractivity contribution in [3.05, 3.63) is 53.6 Å². The van der Waals surface area contributed by atoms with E-state index in [1.54, 1.807) is 19.1 Å². The van der Waals surface area contributed by atoms with Crippen LogP contribution >= 0.6 is 0 Å². The van der Waals surface area contributed by atoms with Crippen LogP contribution in [0.15, 0.2) is 52.3 Å². The minimum atomic E-state index is -3.75. The molecule has 1 heterocycles. The maximum absolute atomic E-state index is 12.8. The fraction of sp³-hybridized carbons (Fsp3) is 0.400. The fourth-order valence-electron chi connectivity index (χ4n) is 3.52. The van der Waals surface area contributed by atoms with E-state index >= 15 is 0 Å². The Morgan fingerprint density at radius 3 is 2.29 bits per heavy atom. The van der Waals surface area contributed by atoms with E-state index in [2.05, 4.69) is 4.72 Å². The van der Waals surface area contributed by atoms with E-state index in [9.17, 15) is 16.8 Å². The van der Waals surface area contributed by atoms with Crippen molar-refractivity contribution in [2.24, 2.45) is 5.92 Å². The van der Waals surface area contributed by atoms with Crippen LogP contribution in [0.1, 0.15) is 30.9 Å². The van der Waals surface area contributed by atoms with E-state index < -0.39 is 20.0 Å². The SMILES string of the molecule is Cc1ccc(S(=O)(=O)Nc2ccc(S(=O)(=O)N3CCC[C@H](C)C3)cc2)c(C)c1. The van der Waals surface area contributed by atoms with Crippen molar-refractivity contribution in [2.75, 3.05) is 17.8 Å². The van der Waals surface area contributed by atoms with Crippen molar-refractivity contribution < 1.29 is 16.8 Å². The summed E-state index contributed by atoms with van der Waals surface area (Å²) in [6.07, 6.45) is 1.89. The number of aryl methyl sites for hydroxylation is 2. The number of hydrogen-bond donors (Lipinski definition) is 1. The van der Waals surface area contributed by atoms with Gasteiger partial charge in [0.1, 0.15) is 0 Å². The smallest absolute Gasteiger partial charge is 0.262 e. The largest absolute Gasteiger partial charge is 0.280 e. The topological polar surface area (TPSA) is 83.5 Å². The van der Waals surface area contributed by atoms with Crippen molar-refractivity contribution in [1.82, 2.24) is 4.31 Å². The molecule has 1 fully saturated rings. The van der Waals surface area contributed by atoms with Crippen LogP contribution in [0.2, 0.25) is 0 Å². The predicted molar refractivity (Wildman–Crippen MR) is 110 cm³/mol. The number of anilines is 1. The molecule has 0 aromatic heterocycles. The highest BCUT2D eigenvalue weighted by Gasteiger charge is 2.28. The van der Waals surface area contributed by atoms with Crippen LogP contribution in [0, 0.1) is 19.8 Å². The molecule has 1 aliphatic rings. The predicted octanol–water partition coefficient (Wildman–Crippen LogP) is 3.52. The van der Waals surface area contributed by atoms with Gasteiger partial charge in [0.05, 0.1) is 9.79 Å². The van der Waals surface area contributed by atoms with E-state index in [1.165, 1.54) is 28.6 Å². The van der Waals surface area contributed by atoms with Crippen molar-refractivity contribution >= 4 is 25.7 Å². The summed E-state index contributed by atoms with van der Waals surface area (Å²) in [5.41, 5.74) is 1.97. The molecule has 1 atom stereocenters. The van der Waals surface area contributed by atoms with Crippen LogP contribution in [0.3, 0.4) is 0 Å². The Morgan fingerprint density at radius 2 is 1.68 bits per heavy atom. The number of benzene rings is 2. The summed E-state index contributed by atoms with van der Waals surface area (Å²) < 4.78 is 55.0. The van der Waals surface area contributed by atoms with Gasteiger partial charge in [-0.25, -0.2) is 16.8 Å².